The van der Waals surface area contributed by atoms with Crippen molar-refractivity contribution >= 4 is 11.6 Å². The molecule has 0 radical (unpaired) electrons. The largest absolute Gasteiger partial charge is 0.440 e. The first-order valence-electron chi connectivity index (χ1n) is 7.35. The number of Topliss-reactive ketones (excluding diaryl/α,β-unsaturated/α-hetero) is 2. The van der Waals surface area contributed by atoms with Crippen molar-refractivity contribution in [1.29, 1.82) is 5.26 Å². The van der Waals surface area contributed by atoms with Crippen molar-refractivity contribution in [2.45, 2.75) is 12.3 Å². The average molecular weight is 334 g/mol. The fraction of sp³-hybridized carbons (Fsp3) is 0.111. The number of ether oxygens (including phenoxy) is 1. The Bertz CT molecular complexity index is 1080. The molecule has 1 aromatic heterocycles. The average Bonchev–Trinajstić information content (AvgIpc) is 2.78. The van der Waals surface area contributed by atoms with Gasteiger partial charge in [-0.05, 0) is 6.92 Å². The summed E-state index contributed by atoms with van der Waals surface area (Å²) in [5.74, 6) is -1.58. The molecule has 0 atom stereocenters. The number of rotatable bonds is 0. The van der Waals surface area contributed by atoms with E-state index in [1.165, 1.54) is 25.1 Å². The van der Waals surface area contributed by atoms with Crippen LogP contribution in [0.3, 0.4) is 0 Å². The van der Waals surface area contributed by atoms with E-state index < -0.39 is 28.2 Å². The number of nitriles is 1. The van der Waals surface area contributed by atoms with Crippen LogP contribution in [0.5, 0.6) is 5.75 Å². The lowest BCUT2D eigenvalue weighted by Crippen LogP contribution is -2.47. The van der Waals surface area contributed by atoms with Crippen LogP contribution in [0.4, 0.5) is 0 Å². The number of carbonyl (C=O) groups excluding carboxylic acids is 2. The van der Waals surface area contributed by atoms with Crippen molar-refractivity contribution in [2.75, 3.05) is 0 Å². The topological polar surface area (TPSA) is 123 Å². The molecule has 1 aliphatic heterocycles. The Hall–Kier alpha value is -3.66. The molecular formula is C18H10N2O5. The third-order valence-electron chi connectivity index (χ3n) is 4.46. The molecule has 7 heteroatoms. The second kappa shape index (κ2) is 4.68. The SMILES string of the molecule is Cc1cc2c(c(=O)o1)C1(C(=O)c3ccccc3C1=O)C(C#N)=C(N)O2. The fourth-order valence-electron chi connectivity index (χ4n) is 3.46. The standard InChI is InChI=1S/C18H10N2O5/c1-8-6-12-13(17(23)24-8)18(11(7-19)16(20)25-12)14(21)9-4-2-3-5-10(9)15(18)22/h2-6H,20H2,1H3. The summed E-state index contributed by atoms with van der Waals surface area (Å²) in [7, 11) is 0. The van der Waals surface area contributed by atoms with Gasteiger partial charge in [-0.15, -0.1) is 0 Å². The van der Waals surface area contributed by atoms with Gasteiger partial charge in [0.05, 0.1) is 0 Å². The number of allylic oxidation sites excluding steroid dienone is 1. The molecule has 0 saturated heterocycles. The summed E-state index contributed by atoms with van der Waals surface area (Å²) in [6, 6.07) is 9.28. The van der Waals surface area contributed by atoms with Crippen LogP contribution in [0, 0.1) is 18.3 Å². The minimum absolute atomic E-state index is 0.0558. The number of hydrogen-bond acceptors (Lipinski definition) is 7. The van der Waals surface area contributed by atoms with E-state index in [4.69, 9.17) is 14.9 Å². The molecule has 0 saturated carbocycles. The van der Waals surface area contributed by atoms with Gasteiger partial charge >= 0.3 is 5.63 Å². The normalized spacial score (nSPS) is 17.1. The molecule has 0 bridgehead atoms. The Morgan fingerprint density at radius 1 is 1.12 bits per heavy atom. The number of aryl methyl sites for hydroxylation is 1. The van der Waals surface area contributed by atoms with Gasteiger partial charge in [0.25, 0.3) is 0 Å². The molecule has 4 rings (SSSR count). The predicted molar refractivity (Wildman–Crippen MR) is 84.0 cm³/mol. The molecule has 2 heterocycles. The van der Waals surface area contributed by atoms with Gasteiger partial charge in [-0.2, -0.15) is 5.26 Å². The summed E-state index contributed by atoms with van der Waals surface area (Å²) in [5.41, 5.74) is 2.28. The number of nitrogens with two attached hydrogens (primary N) is 1. The molecule has 1 aromatic carbocycles. The first-order chi connectivity index (χ1) is 11.9. The van der Waals surface area contributed by atoms with Gasteiger partial charge in [0.15, 0.2) is 17.0 Å². The Morgan fingerprint density at radius 2 is 1.72 bits per heavy atom. The number of carbonyl (C=O) groups is 2. The van der Waals surface area contributed by atoms with E-state index in [2.05, 4.69) is 0 Å². The van der Waals surface area contributed by atoms with Crippen LogP contribution in [-0.4, -0.2) is 11.6 Å². The Labute approximate surface area is 140 Å². The molecule has 0 fully saturated rings. The zero-order valence-corrected chi connectivity index (χ0v) is 13.0. The van der Waals surface area contributed by atoms with Gasteiger partial charge in [-0.25, -0.2) is 4.79 Å². The maximum absolute atomic E-state index is 13.2. The number of benzene rings is 1. The van der Waals surface area contributed by atoms with E-state index in [1.807, 2.05) is 0 Å². The van der Waals surface area contributed by atoms with E-state index in [0.717, 1.165) is 0 Å². The van der Waals surface area contributed by atoms with Gasteiger partial charge < -0.3 is 14.9 Å². The minimum atomic E-state index is -2.16. The fourth-order valence-corrected chi connectivity index (χ4v) is 3.46. The monoisotopic (exact) mass is 334 g/mol. The van der Waals surface area contributed by atoms with Crippen molar-refractivity contribution in [3.05, 3.63) is 74.7 Å². The second-order valence-corrected chi connectivity index (χ2v) is 5.79. The molecule has 2 aromatic rings. The van der Waals surface area contributed by atoms with Crippen molar-refractivity contribution in [1.82, 2.24) is 0 Å². The maximum Gasteiger partial charge on any atom is 0.344 e. The third kappa shape index (κ3) is 1.60. The summed E-state index contributed by atoms with van der Waals surface area (Å²) in [5, 5.41) is 9.57. The molecule has 0 unspecified atom stereocenters. The van der Waals surface area contributed by atoms with Crippen LogP contribution in [0.15, 0.2) is 51.0 Å². The highest BCUT2D eigenvalue weighted by molar-refractivity contribution is 6.35. The summed E-state index contributed by atoms with van der Waals surface area (Å²) < 4.78 is 10.4. The molecule has 25 heavy (non-hydrogen) atoms. The minimum Gasteiger partial charge on any atom is -0.440 e. The smallest absolute Gasteiger partial charge is 0.344 e. The molecular weight excluding hydrogens is 324 g/mol. The molecule has 7 nitrogen and oxygen atoms in total. The summed E-state index contributed by atoms with van der Waals surface area (Å²) in [4.78, 5) is 38.9. The van der Waals surface area contributed by atoms with Gasteiger partial charge in [0.2, 0.25) is 5.88 Å². The highest BCUT2D eigenvalue weighted by Gasteiger charge is 2.62. The molecule has 2 N–H and O–H groups in total. The van der Waals surface area contributed by atoms with Crippen LogP contribution in [0.2, 0.25) is 0 Å². The van der Waals surface area contributed by atoms with Crippen LogP contribution in [-0.2, 0) is 5.41 Å². The van der Waals surface area contributed by atoms with E-state index in [-0.39, 0.29) is 34.1 Å². The summed E-state index contributed by atoms with van der Waals surface area (Å²) in [6.07, 6.45) is 0. The lowest BCUT2D eigenvalue weighted by molar-refractivity contribution is 0.0812. The van der Waals surface area contributed by atoms with Crippen LogP contribution in [0.25, 0.3) is 0 Å². The van der Waals surface area contributed by atoms with Crippen molar-refractivity contribution in [2.24, 2.45) is 5.73 Å². The highest BCUT2D eigenvalue weighted by atomic mass is 16.5. The maximum atomic E-state index is 13.2. The lowest BCUT2D eigenvalue weighted by atomic mass is 9.69. The molecule has 122 valence electrons. The Morgan fingerprint density at radius 3 is 2.28 bits per heavy atom. The number of ketones is 2. The van der Waals surface area contributed by atoms with Gasteiger partial charge in [0, 0.05) is 17.2 Å². The van der Waals surface area contributed by atoms with Crippen LogP contribution in [0.1, 0.15) is 32.0 Å². The first-order valence-corrected chi connectivity index (χ1v) is 7.35. The van der Waals surface area contributed by atoms with E-state index in [9.17, 15) is 19.6 Å². The summed E-state index contributed by atoms with van der Waals surface area (Å²) in [6.45, 7) is 1.52. The number of nitrogens with zero attached hydrogens (tertiary/aromatic N) is 1. The molecule has 1 spiro atoms. The Balaban J connectivity index is 2.19. The van der Waals surface area contributed by atoms with Crippen molar-refractivity contribution in [3.63, 3.8) is 0 Å². The summed E-state index contributed by atoms with van der Waals surface area (Å²) >= 11 is 0. The first kappa shape index (κ1) is 14.9. The van der Waals surface area contributed by atoms with Gasteiger partial charge in [-0.1, -0.05) is 24.3 Å². The molecule has 1 aliphatic carbocycles. The third-order valence-corrected chi connectivity index (χ3v) is 4.46. The predicted octanol–water partition coefficient (Wildman–Crippen LogP) is 1.35. The second-order valence-electron chi connectivity index (χ2n) is 5.79. The Kier molecular flexibility index (Phi) is 2.79. The quantitative estimate of drug-likeness (QED) is 0.721. The van der Waals surface area contributed by atoms with E-state index >= 15 is 0 Å². The van der Waals surface area contributed by atoms with Crippen LogP contribution >= 0.6 is 0 Å². The van der Waals surface area contributed by atoms with Crippen molar-refractivity contribution < 1.29 is 18.7 Å². The zero-order valence-electron chi connectivity index (χ0n) is 13.0. The molecule has 2 aliphatic rings. The van der Waals surface area contributed by atoms with Gasteiger partial charge in [0.1, 0.15) is 28.7 Å². The van der Waals surface area contributed by atoms with E-state index in [0.29, 0.717) is 0 Å². The van der Waals surface area contributed by atoms with Crippen LogP contribution < -0.4 is 16.1 Å². The number of hydrogen-bond donors (Lipinski definition) is 1. The lowest BCUT2D eigenvalue weighted by Gasteiger charge is -2.31. The van der Waals surface area contributed by atoms with E-state index in [1.54, 1.807) is 18.2 Å². The molecule has 0 amide bonds. The number of fused-ring (bicyclic) bond motifs is 3. The zero-order chi connectivity index (χ0) is 17.9. The van der Waals surface area contributed by atoms with Crippen molar-refractivity contribution in [3.8, 4) is 11.8 Å². The van der Waals surface area contributed by atoms with Gasteiger partial charge in [-0.3, -0.25) is 9.59 Å². The highest BCUT2D eigenvalue weighted by Crippen LogP contribution is 2.49.